The van der Waals surface area contributed by atoms with Gasteiger partial charge in [0.25, 0.3) is 5.56 Å². The number of sulfone groups is 1. The molecule has 0 unspecified atom stereocenters. The van der Waals surface area contributed by atoms with Crippen LogP contribution in [-0.2, 0) is 15.6 Å². The molecule has 3 aromatic rings. The summed E-state index contributed by atoms with van der Waals surface area (Å²) < 4.78 is 40.0. The topological polar surface area (TPSA) is 111 Å². The van der Waals surface area contributed by atoms with Gasteiger partial charge < -0.3 is 20.1 Å². The number of aromatic amines is 1. The Morgan fingerprint density at radius 3 is 2.61 bits per heavy atom. The first-order chi connectivity index (χ1) is 13.2. The lowest BCUT2D eigenvalue weighted by Gasteiger charge is -2.14. The van der Waals surface area contributed by atoms with Gasteiger partial charge in [-0.05, 0) is 35.7 Å². The van der Waals surface area contributed by atoms with Gasteiger partial charge in [0, 0.05) is 30.2 Å². The number of pyridine rings is 1. The second-order valence-electron chi connectivity index (χ2n) is 6.73. The van der Waals surface area contributed by atoms with Gasteiger partial charge in [0.15, 0.2) is 9.84 Å². The molecule has 10 heteroatoms. The van der Waals surface area contributed by atoms with Crippen LogP contribution < -0.4 is 10.5 Å². The number of halogens is 1. The number of hydrogen-bond acceptors (Lipinski definition) is 7. The van der Waals surface area contributed by atoms with Gasteiger partial charge in [-0.2, -0.15) is 0 Å². The Morgan fingerprint density at radius 1 is 1.18 bits per heavy atom. The summed E-state index contributed by atoms with van der Waals surface area (Å²) >= 11 is 0.998. The van der Waals surface area contributed by atoms with Crippen LogP contribution >= 0.6 is 11.3 Å². The van der Waals surface area contributed by atoms with Crippen molar-refractivity contribution in [2.45, 2.75) is 22.2 Å². The highest BCUT2D eigenvalue weighted by atomic mass is 32.2. The molecule has 0 amide bonds. The Labute approximate surface area is 163 Å². The minimum Gasteiger partial charge on any atom is -0.389 e. The monoisotopic (exact) mass is 424 g/mol. The van der Waals surface area contributed by atoms with E-state index in [9.17, 15) is 27.8 Å². The van der Waals surface area contributed by atoms with E-state index in [0.717, 1.165) is 17.4 Å². The van der Waals surface area contributed by atoms with E-state index in [2.05, 4.69) is 4.98 Å². The molecular weight excluding hydrogens is 407 g/mol. The van der Waals surface area contributed by atoms with E-state index in [0.29, 0.717) is 10.4 Å². The Balaban J connectivity index is 1.63. The van der Waals surface area contributed by atoms with Crippen LogP contribution in [0.5, 0.6) is 0 Å². The van der Waals surface area contributed by atoms with E-state index in [1.54, 1.807) is 17.0 Å². The molecule has 0 radical (unpaired) electrons. The number of fused-ring (bicyclic) bond motifs is 1. The summed E-state index contributed by atoms with van der Waals surface area (Å²) in [5.41, 5.74) is -0.494. The molecule has 28 heavy (non-hydrogen) atoms. The quantitative estimate of drug-likeness (QED) is 0.581. The van der Waals surface area contributed by atoms with Gasteiger partial charge in [0.05, 0.1) is 23.0 Å². The normalized spacial score (nSPS) is 20.2. The van der Waals surface area contributed by atoms with Crippen molar-refractivity contribution in [3.8, 4) is 0 Å². The van der Waals surface area contributed by atoms with Gasteiger partial charge in [0.1, 0.15) is 10.0 Å². The van der Waals surface area contributed by atoms with Crippen molar-refractivity contribution in [2.24, 2.45) is 0 Å². The van der Waals surface area contributed by atoms with Crippen molar-refractivity contribution in [3.63, 3.8) is 0 Å². The van der Waals surface area contributed by atoms with E-state index >= 15 is 0 Å². The summed E-state index contributed by atoms with van der Waals surface area (Å²) in [6, 6.07) is 7.00. The van der Waals surface area contributed by atoms with Crippen LogP contribution in [0.4, 0.5) is 9.39 Å². The number of aromatic nitrogens is 1. The van der Waals surface area contributed by atoms with Gasteiger partial charge in [-0.3, -0.25) is 4.79 Å². The fourth-order valence-electron chi connectivity index (χ4n) is 3.24. The van der Waals surface area contributed by atoms with Crippen LogP contribution in [0.3, 0.4) is 0 Å². The van der Waals surface area contributed by atoms with E-state index < -0.39 is 39.2 Å². The van der Waals surface area contributed by atoms with Gasteiger partial charge >= 0.3 is 0 Å². The Bertz CT molecular complexity index is 1190. The van der Waals surface area contributed by atoms with Crippen LogP contribution in [0, 0.1) is 5.82 Å². The number of thiophene rings is 1. The fourth-order valence-corrected chi connectivity index (χ4v) is 5.98. The number of aliphatic hydroxyl groups is 2. The van der Waals surface area contributed by atoms with Crippen LogP contribution in [0.1, 0.15) is 5.56 Å². The number of nitrogens with zero attached hydrogens (tertiary/aromatic N) is 1. The Morgan fingerprint density at radius 2 is 1.89 bits per heavy atom. The van der Waals surface area contributed by atoms with Crippen LogP contribution in [0.2, 0.25) is 0 Å². The summed E-state index contributed by atoms with van der Waals surface area (Å²) in [5.74, 6) is -1.27. The number of anilines is 1. The molecule has 148 valence electrons. The molecular formula is C18H17FN2O5S2. The molecule has 7 nitrogen and oxygen atoms in total. The van der Waals surface area contributed by atoms with Gasteiger partial charge in [-0.25, -0.2) is 12.8 Å². The lowest BCUT2D eigenvalue weighted by molar-refractivity contribution is 0.0572. The highest BCUT2D eigenvalue weighted by Crippen LogP contribution is 2.33. The van der Waals surface area contributed by atoms with E-state index in [-0.39, 0.29) is 28.2 Å². The Hall–Kier alpha value is -2.27. The molecule has 1 fully saturated rings. The average molecular weight is 424 g/mol. The van der Waals surface area contributed by atoms with Crippen molar-refractivity contribution < 1.29 is 23.0 Å². The number of benzene rings is 1. The average Bonchev–Trinajstić information content (AvgIpc) is 3.24. The zero-order chi connectivity index (χ0) is 20.1. The summed E-state index contributed by atoms with van der Waals surface area (Å²) in [7, 11) is -3.84. The summed E-state index contributed by atoms with van der Waals surface area (Å²) in [5, 5.41) is 20.5. The maximum Gasteiger partial charge on any atom is 0.255 e. The molecule has 0 aliphatic carbocycles. The predicted octanol–water partition coefficient (Wildman–Crippen LogP) is 1.24. The molecule has 3 N–H and O–H groups in total. The number of β-amino-alcohol motifs (C(OH)–C–C–N with tert-alkyl or cyclic N) is 2. The molecule has 1 aliphatic rings. The number of nitrogens with one attached hydrogen (secondary N) is 1. The second kappa shape index (κ2) is 6.96. The molecule has 2 atom stereocenters. The van der Waals surface area contributed by atoms with Crippen LogP contribution in [0.15, 0.2) is 45.5 Å². The van der Waals surface area contributed by atoms with E-state index in [1.165, 1.54) is 18.3 Å². The fraction of sp³-hybridized carbons (Fsp3) is 0.278. The molecule has 2 aromatic heterocycles. The largest absolute Gasteiger partial charge is 0.389 e. The summed E-state index contributed by atoms with van der Waals surface area (Å²) in [4.78, 5) is 16.1. The molecule has 1 aliphatic heterocycles. The number of aliphatic hydroxyl groups excluding tert-OH is 2. The lowest BCUT2D eigenvalue weighted by atomic mass is 10.1. The minimum atomic E-state index is -3.84. The predicted molar refractivity (Wildman–Crippen MR) is 104 cm³/mol. The van der Waals surface area contributed by atoms with Crippen molar-refractivity contribution in [1.29, 1.82) is 0 Å². The highest BCUT2D eigenvalue weighted by Gasteiger charge is 2.31. The molecule has 1 saturated heterocycles. The Kier molecular flexibility index (Phi) is 4.74. The maximum atomic E-state index is 14.4. The first kappa shape index (κ1) is 19.1. The zero-order valence-electron chi connectivity index (χ0n) is 14.5. The molecule has 0 bridgehead atoms. The third-order valence-corrected chi connectivity index (χ3v) is 8.12. The van der Waals surface area contributed by atoms with E-state index in [1.807, 2.05) is 0 Å². The van der Waals surface area contributed by atoms with Gasteiger partial charge in [-0.15, -0.1) is 11.3 Å². The summed E-state index contributed by atoms with van der Waals surface area (Å²) in [6.07, 6.45) is -0.362. The van der Waals surface area contributed by atoms with E-state index in [4.69, 9.17) is 0 Å². The molecule has 0 spiro atoms. The number of H-pyrrole nitrogens is 1. The van der Waals surface area contributed by atoms with Gasteiger partial charge in [-0.1, -0.05) is 0 Å². The lowest BCUT2D eigenvalue weighted by Crippen LogP contribution is -2.22. The molecule has 0 saturated carbocycles. The number of rotatable bonds is 4. The first-order valence-electron chi connectivity index (χ1n) is 8.48. The van der Waals surface area contributed by atoms with Crippen molar-refractivity contribution in [3.05, 3.63) is 58.3 Å². The van der Waals surface area contributed by atoms with Crippen molar-refractivity contribution >= 4 is 36.9 Å². The number of hydrogen-bond donors (Lipinski definition) is 3. The maximum absolute atomic E-state index is 14.4. The van der Waals surface area contributed by atoms with Crippen molar-refractivity contribution in [2.75, 3.05) is 18.0 Å². The molecule has 3 heterocycles. The zero-order valence-corrected chi connectivity index (χ0v) is 16.1. The summed E-state index contributed by atoms with van der Waals surface area (Å²) in [6.45, 7) is 0.423. The van der Waals surface area contributed by atoms with Crippen LogP contribution in [-0.4, -0.2) is 48.9 Å². The van der Waals surface area contributed by atoms with Gasteiger partial charge in [0.2, 0.25) is 0 Å². The smallest absolute Gasteiger partial charge is 0.255 e. The minimum absolute atomic E-state index is 0.0554. The van der Waals surface area contributed by atoms with Crippen molar-refractivity contribution in [1.82, 2.24) is 4.98 Å². The second-order valence-corrected chi connectivity index (χ2v) is 10.0. The van der Waals surface area contributed by atoms with Crippen LogP contribution in [0.25, 0.3) is 10.8 Å². The first-order valence-corrected chi connectivity index (χ1v) is 10.9. The highest BCUT2D eigenvalue weighted by molar-refractivity contribution is 7.92. The SMILES string of the molecule is O=c1[nH]ccc2cc(F)c(CS(=O)(=O)c3ccc(N4C[C@@H](O)[C@H](O)C4)s3)cc12. The third kappa shape index (κ3) is 3.44. The molecule has 4 rings (SSSR count). The standard InChI is InChI=1S/C18H17FN2O5S2/c19-13-6-10-3-4-20-18(24)12(10)5-11(13)9-28(25,26)17-2-1-16(27-17)21-7-14(22)15(23)8-21/h1-6,14-15,22-23H,7-9H2,(H,20,24)/t14-,15-/m1/s1. The molecule has 1 aromatic carbocycles. The third-order valence-electron chi connectivity index (χ3n) is 4.73.